The van der Waals surface area contributed by atoms with Crippen molar-refractivity contribution < 1.29 is 4.79 Å². The fourth-order valence-corrected chi connectivity index (χ4v) is 2.98. The van der Waals surface area contributed by atoms with E-state index in [1.807, 2.05) is 20.8 Å². The van der Waals surface area contributed by atoms with Gasteiger partial charge in [-0.1, -0.05) is 0 Å². The van der Waals surface area contributed by atoms with Gasteiger partial charge in [0.05, 0.1) is 17.4 Å². The first-order valence-electron chi connectivity index (χ1n) is 6.47. The molecule has 19 heavy (non-hydrogen) atoms. The largest absolute Gasteiger partial charge is 0.355 e. The van der Waals surface area contributed by atoms with Crippen molar-refractivity contribution in [1.82, 2.24) is 20.0 Å². The number of amides is 1. The molecule has 0 saturated heterocycles. The monoisotopic (exact) mass is 280 g/mol. The average molecular weight is 280 g/mol. The molecule has 0 aliphatic rings. The van der Waals surface area contributed by atoms with E-state index in [-0.39, 0.29) is 11.9 Å². The second kappa shape index (κ2) is 5.71. The maximum absolute atomic E-state index is 11.7. The molecule has 2 aromatic heterocycles. The number of carbonyl (C=O) groups excluding carboxylic acids is 1. The topological polar surface area (TPSA) is 58.4 Å². The van der Waals surface area contributed by atoms with Gasteiger partial charge in [-0.25, -0.2) is 4.98 Å². The highest BCUT2D eigenvalue weighted by Gasteiger charge is 2.15. The van der Waals surface area contributed by atoms with Crippen molar-refractivity contribution in [3.05, 3.63) is 22.5 Å². The van der Waals surface area contributed by atoms with Gasteiger partial charge in [-0.2, -0.15) is 0 Å². The number of carbonyl (C=O) groups is 1. The molecule has 1 amide bonds. The second-order valence-electron chi connectivity index (χ2n) is 4.64. The van der Waals surface area contributed by atoms with Gasteiger partial charge < -0.3 is 10.6 Å². The van der Waals surface area contributed by atoms with E-state index in [0.29, 0.717) is 13.1 Å². The number of nitrogens with one attached hydrogen (secondary N) is 2. The van der Waals surface area contributed by atoms with Crippen molar-refractivity contribution in [3.8, 4) is 0 Å². The van der Waals surface area contributed by atoms with Crippen molar-refractivity contribution in [2.45, 2.75) is 40.3 Å². The first-order valence-corrected chi connectivity index (χ1v) is 7.35. The molecule has 2 rings (SSSR count). The Morgan fingerprint density at radius 2 is 2.26 bits per heavy atom. The summed E-state index contributed by atoms with van der Waals surface area (Å²) in [5.41, 5.74) is 3.33. The third-order valence-corrected chi connectivity index (χ3v) is 4.09. The quantitative estimate of drug-likeness (QED) is 0.875. The lowest BCUT2D eigenvalue weighted by atomic mass is 10.2. The van der Waals surface area contributed by atoms with Crippen LogP contribution in [-0.2, 0) is 11.3 Å². The van der Waals surface area contributed by atoms with Crippen LogP contribution in [0, 0.1) is 13.8 Å². The third-order valence-electron chi connectivity index (χ3n) is 3.15. The van der Waals surface area contributed by atoms with E-state index < -0.39 is 0 Å². The molecule has 0 aliphatic carbocycles. The second-order valence-corrected chi connectivity index (χ2v) is 5.47. The maximum Gasteiger partial charge on any atom is 0.236 e. The van der Waals surface area contributed by atoms with Gasteiger partial charge in [0.1, 0.15) is 0 Å². The van der Waals surface area contributed by atoms with Crippen molar-refractivity contribution >= 4 is 22.2 Å². The summed E-state index contributed by atoms with van der Waals surface area (Å²) >= 11 is 1.64. The highest BCUT2D eigenvalue weighted by molar-refractivity contribution is 7.15. The molecule has 2 N–H and O–H groups in total. The van der Waals surface area contributed by atoms with Crippen molar-refractivity contribution in [2.24, 2.45) is 0 Å². The molecule has 0 saturated carbocycles. The first-order chi connectivity index (χ1) is 9.04. The Balaban J connectivity index is 2.11. The van der Waals surface area contributed by atoms with Crippen molar-refractivity contribution in [1.29, 1.82) is 0 Å². The molecule has 0 aliphatic heterocycles. The number of imidazole rings is 1. The SMILES string of the molecule is CCNC(=O)C(C)NCc1c(C)nc2scc(C)n12. The van der Waals surface area contributed by atoms with Crippen LogP contribution >= 0.6 is 11.3 Å². The van der Waals surface area contributed by atoms with Gasteiger partial charge >= 0.3 is 0 Å². The Bertz CT molecular complexity index is 587. The predicted octanol–water partition coefficient (Wildman–Crippen LogP) is 1.63. The summed E-state index contributed by atoms with van der Waals surface area (Å²) in [6, 6.07) is -0.205. The number of rotatable bonds is 5. The lowest BCUT2D eigenvalue weighted by Gasteiger charge is -2.13. The minimum Gasteiger partial charge on any atom is -0.355 e. The van der Waals surface area contributed by atoms with Gasteiger partial charge in [0.2, 0.25) is 5.91 Å². The van der Waals surface area contributed by atoms with E-state index in [4.69, 9.17) is 0 Å². The van der Waals surface area contributed by atoms with E-state index in [9.17, 15) is 4.79 Å². The molecule has 6 heteroatoms. The number of likely N-dealkylation sites (N-methyl/N-ethyl adjacent to an activating group) is 1. The van der Waals surface area contributed by atoms with Crippen LogP contribution in [0.3, 0.4) is 0 Å². The zero-order valence-corrected chi connectivity index (χ0v) is 12.6. The molecule has 2 aromatic rings. The van der Waals surface area contributed by atoms with Crippen molar-refractivity contribution in [2.75, 3.05) is 6.54 Å². The van der Waals surface area contributed by atoms with Crippen LogP contribution in [0.1, 0.15) is 30.9 Å². The molecule has 0 aromatic carbocycles. The minimum absolute atomic E-state index is 0.0305. The molecule has 1 atom stereocenters. The van der Waals surface area contributed by atoms with Gasteiger partial charge in [0.15, 0.2) is 4.96 Å². The van der Waals surface area contributed by atoms with Crippen LogP contribution in [-0.4, -0.2) is 27.9 Å². The van der Waals surface area contributed by atoms with Crippen LogP contribution in [0.25, 0.3) is 4.96 Å². The van der Waals surface area contributed by atoms with Crippen molar-refractivity contribution in [3.63, 3.8) is 0 Å². The van der Waals surface area contributed by atoms with Crippen LogP contribution in [0.2, 0.25) is 0 Å². The van der Waals surface area contributed by atoms with Crippen LogP contribution in [0.5, 0.6) is 0 Å². The molecule has 104 valence electrons. The number of aromatic nitrogens is 2. The lowest BCUT2D eigenvalue weighted by Crippen LogP contribution is -2.41. The van der Waals surface area contributed by atoms with E-state index in [1.54, 1.807) is 11.3 Å². The number of aryl methyl sites for hydroxylation is 2. The molecule has 0 bridgehead atoms. The summed E-state index contributed by atoms with van der Waals surface area (Å²) in [5, 5.41) is 8.16. The average Bonchev–Trinajstić information content (AvgIpc) is 2.87. The number of nitrogens with zero attached hydrogens (tertiary/aromatic N) is 2. The molecular weight excluding hydrogens is 260 g/mol. The van der Waals surface area contributed by atoms with Gasteiger partial charge in [-0.3, -0.25) is 9.20 Å². The Kier molecular flexibility index (Phi) is 4.21. The Morgan fingerprint density at radius 1 is 1.53 bits per heavy atom. The maximum atomic E-state index is 11.7. The molecule has 2 heterocycles. The number of fused-ring (bicyclic) bond motifs is 1. The number of hydrogen-bond acceptors (Lipinski definition) is 4. The van der Waals surface area contributed by atoms with E-state index in [1.165, 1.54) is 5.69 Å². The lowest BCUT2D eigenvalue weighted by molar-refractivity contribution is -0.122. The smallest absolute Gasteiger partial charge is 0.236 e. The number of hydrogen-bond donors (Lipinski definition) is 2. The molecule has 0 fully saturated rings. The molecule has 5 nitrogen and oxygen atoms in total. The highest BCUT2D eigenvalue weighted by atomic mass is 32.1. The van der Waals surface area contributed by atoms with E-state index in [2.05, 4.69) is 32.3 Å². The minimum atomic E-state index is -0.205. The molecule has 1 unspecified atom stereocenters. The zero-order chi connectivity index (χ0) is 14.0. The summed E-state index contributed by atoms with van der Waals surface area (Å²) in [6.45, 7) is 9.17. The normalized spacial score (nSPS) is 12.8. The predicted molar refractivity (Wildman–Crippen MR) is 77.5 cm³/mol. The Morgan fingerprint density at radius 3 is 2.95 bits per heavy atom. The van der Waals surface area contributed by atoms with Gasteiger partial charge in [-0.15, -0.1) is 11.3 Å². The van der Waals surface area contributed by atoms with Gasteiger partial charge in [-0.05, 0) is 27.7 Å². The fourth-order valence-electron chi connectivity index (χ4n) is 2.05. The van der Waals surface area contributed by atoms with Crippen LogP contribution in [0.15, 0.2) is 5.38 Å². The van der Waals surface area contributed by atoms with E-state index >= 15 is 0 Å². The zero-order valence-electron chi connectivity index (χ0n) is 11.8. The molecule has 0 spiro atoms. The molecule has 0 radical (unpaired) electrons. The number of thiazole rings is 1. The highest BCUT2D eigenvalue weighted by Crippen LogP contribution is 2.20. The Hall–Kier alpha value is -1.40. The van der Waals surface area contributed by atoms with Gasteiger partial charge in [0, 0.05) is 24.2 Å². The Labute approximate surface area is 117 Å². The van der Waals surface area contributed by atoms with Crippen LogP contribution in [0.4, 0.5) is 0 Å². The summed E-state index contributed by atoms with van der Waals surface area (Å²) < 4.78 is 2.15. The first kappa shape index (κ1) is 14.0. The summed E-state index contributed by atoms with van der Waals surface area (Å²) in [7, 11) is 0. The third kappa shape index (κ3) is 2.79. The summed E-state index contributed by atoms with van der Waals surface area (Å²) in [5.74, 6) is 0.0305. The van der Waals surface area contributed by atoms with Gasteiger partial charge in [0.25, 0.3) is 0 Å². The summed E-state index contributed by atoms with van der Waals surface area (Å²) in [4.78, 5) is 17.2. The standard InChI is InChI=1S/C13H20N4OS/c1-5-14-12(18)10(4)15-6-11-9(3)16-13-17(11)8(2)7-19-13/h7,10,15H,5-6H2,1-4H3,(H,14,18). The van der Waals surface area contributed by atoms with Crippen LogP contribution < -0.4 is 10.6 Å². The molecular formula is C13H20N4OS. The fraction of sp³-hybridized carbons (Fsp3) is 0.538. The van der Waals surface area contributed by atoms with E-state index in [0.717, 1.165) is 16.3 Å². The summed E-state index contributed by atoms with van der Waals surface area (Å²) in [6.07, 6.45) is 0.